The number of furan rings is 1. The first-order chi connectivity index (χ1) is 16.1. The average molecular weight is 448 g/mol. The molecule has 1 aliphatic rings. The van der Waals surface area contributed by atoms with Crippen molar-refractivity contribution >= 4 is 11.6 Å². The number of carbonyl (C=O) groups excluding carboxylic acids is 1. The van der Waals surface area contributed by atoms with Gasteiger partial charge in [0.05, 0.1) is 32.2 Å². The molecule has 0 saturated carbocycles. The largest absolute Gasteiger partial charge is 0.497 e. The maximum absolute atomic E-state index is 13.3. The molecule has 0 N–H and O–H groups in total. The van der Waals surface area contributed by atoms with Crippen LogP contribution in [0.25, 0.3) is 0 Å². The lowest BCUT2D eigenvalue weighted by Gasteiger charge is -2.23. The lowest BCUT2D eigenvalue weighted by atomic mass is 10.0. The van der Waals surface area contributed by atoms with Crippen LogP contribution < -0.4 is 9.47 Å². The van der Waals surface area contributed by atoms with Gasteiger partial charge in [-0.3, -0.25) is 9.69 Å². The lowest BCUT2D eigenvalue weighted by Crippen LogP contribution is -2.36. The minimum absolute atomic E-state index is 0.0756. The molecule has 1 unspecified atom stereocenters. The zero-order chi connectivity index (χ0) is 23.2. The third-order valence-electron chi connectivity index (χ3n) is 5.55. The molecular weight excluding hydrogens is 418 g/mol. The van der Waals surface area contributed by atoms with E-state index >= 15 is 0 Å². The number of carbonyl (C=O) groups is 1. The van der Waals surface area contributed by atoms with E-state index in [0.717, 1.165) is 34.1 Å². The number of ether oxygens (including phenoxy) is 2. The molecule has 0 fully saturated rings. The van der Waals surface area contributed by atoms with E-state index in [2.05, 4.69) is 0 Å². The summed E-state index contributed by atoms with van der Waals surface area (Å²) in [7, 11) is 3.57. The van der Waals surface area contributed by atoms with Crippen molar-refractivity contribution in [1.29, 1.82) is 0 Å². The Morgan fingerprint density at radius 2 is 1.85 bits per heavy atom. The van der Waals surface area contributed by atoms with E-state index in [0.29, 0.717) is 19.6 Å². The predicted octanol–water partition coefficient (Wildman–Crippen LogP) is 4.50. The summed E-state index contributed by atoms with van der Waals surface area (Å²) in [6, 6.07) is 19.1. The van der Waals surface area contributed by atoms with Gasteiger partial charge in [-0.25, -0.2) is 5.01 Å². The average Bonchev–Trinajstić information content (AvgIpc) is 3.51. The molecular formula is C26H29N3O4. The first-order valence-electron chi connectivity index (χ1n) is 11.0. The van der Waals surface area contributed by atoms with Crippen molar-refractivity contribution in [3.8, 4) is 11.5 Å². The Morgan fingerprint density at radius 3 is 2.48 bits per heavy atom. The maximum atomic E-state index is 13.3. The summed E-state index contributed by atoms with van der Waals surface area (Å²) in [6.07, 6.45) is 2.22. The van der Waals surface area contributed by atoms with Crippen LogP contribution in [0.5, 0.6) is 11.5 Å². The zero-order valence-corrected chi connectivity index (χ0v) is 19.2. The second kappa shape index (κ2) is 10.4. The van der Waals surface area contributed by atoms with Crippen molar-refractivity contribution in [3.63, 3.8) is 0 Å². The van der Waals surface area contributed by atoms with Gasteiger partial charge in [0.1, 0.15) is 23.3 Å². The lowest BCUT2D eigenvalue weighted by molar-refractivity contribution is -0.134. The number of amides is 1. The highest BCUT2D eigenvalue weighted by atomic mass is 16.5. The number of rotatable bonds is 9. The van der Waals surface area contributed by atoms with Gasteiger partial charge in [-0.2, -0.15) is 5.10 Å². The van der Waals surface area contributed by atoms with Gasteiger partial charge in [0.2, 0.25) is 0 Å². The Kier molecular flexibility index (Phi) is 7.10. The van der Waals surface area contributed by atoms with Crippen LogP contribution >= 0.6 is 0 Å². The Morgan fingerprint density at radius 1 is 1.12 bits per heavy atom. The third-order valence-corrected chi connectivity index (χ3v) is 5.55. The highest BCUT2D eigenvalue weighted by molar-refractivity contribution is 6.03. The van der Waals surface area contributed by atoms with Gasteiger partial charge >= 0.3 is 0 Å². The van der Waals surface area contributed by atoms with Crippen LogP contribution in [0.3, 0.4) is 0 Å². The zero-order valence-electron chi connectivity index (χ0n) is 19.2. The number of methoxy groups -OCH3 is 1. The van der Waals surface area contributed by atoms with E-state index in [9.17, 15) is 4.79 Å². The van der Waals surface area contributed by atoms with Gasteiger partial charge in [0.15, 0.2) is 0 Å². The molecule has 0 radical (unpaired) electrons. The van der Waals surface area contributed by atoms with Crippen molar-refractivity contribution < 1.29 is 18.7 Å². The number of hydrogen-bond donors (Lipinski definition) is 0. The van der Waals surface area contributed by atoms with E-state index in [1.807, 2.05) is 79.5 Å². The van der Waals surface area contributed by atoms with Crippen molar-refractivity contribution in [1.82, 2.24) is 9.91 Å². The fourth-order valence-corrected chi connectivity index (χ4v) is 3.93. The molecule has 1 aliphatic heterocycles. The Bertz CT molecular complexity index is 1080. The van der Waals surface area contributed by atoms with Crippen LogP contribution in [-0.2, 0) is 11.3 Å². The van der Waals surface area contributed by atoms with Gasteiger partial charge in [0.25, 0.3) is 5.91 Å². The second-order valence-corrected chi connectivity index (χ2v) is 8.00. The van der Waals surface area contributed by atoms with Crippen molar-refractivity contribution in [2.24, 2.45) is 5.10 Å². The minimum atomic E-state index is -0.261. The normalized spacial score (nSPS) is 15.6. The Labute approximate surface area is 194 Å². The molecule has 2 heterocycles. The molecule has 7 nitrogen and oxygen atoms in total. The number of hydrazone groups is 1. The molecule has 4 rings (SSSR count). The second-order valence-electron chi connectivity index (χ2n) is 8.00. The number of likely N-dealkylation sites (N-methyl/N-ethyl adjacent to an activating group) is 1. The molecule has 7 heteroatoms. The van der Waals surface area contributed by atoms with Crippen LogP contribution in [-0.4, -0.2) is 48.8 Å². The van der Waals surface area contributed by atoms with Gasteiger partial charge in [-0.15, -0.1) is 0 Å². The molecule has 1 amide bonds. The van der Waals surface area contributed by atoms with Crippen LogP contribution in [0.15, 0.2) is 76.4 Å². The van der Waals surface area contributed by atoms with E-state index < -0.39 is 0 Å². The number of hydrogen-bond acceptors (Lipinski definition) is 6. The molecule has 2 aromatic carbocycles. The first kappa shape index (κ1) is 22.6. The third kappa shape index (κ3) is 5.43. The van der Waals surface area contributed by atoms with Crippen LogP contribution in [0.1, 0.15) is 36.3 Å². The highest BCUT2D eigenvalue weighted by Crippen LogP contribution is 2.33. The molecule has 33 heavy (non-hydrogen) atoms. The van der Waals surface area contributed by atoms with Crippen molar-refractivity contribution in [2.45, 2.75) is 25.9 Å². The summed E-state index contributed by atoms with van der Waals surface area (Å²) in [5.41, 5.74) is 2.92. The Balaban J connectivity index is 1.47. The predicted molar refractivity (Wildman–Crippen MR) is 126 cm³/mol. The Hall–Kier alpha value is -3.58. The van der Waals surface area contributed by atoms with Crippen LogP contribution in [0.2, 0.25) is 0 Å². The quantitative estimate of drug-likeness (QED) is 0.483. The van der Waals surface area contributed by atoms with Crippen molar-refractivity contribution in [3.05, 3.63) is 83.8 Å². The summed E-state index contributed by atoms with van der Waals surface area (Å²) in [6.45, 7) is 3.49. The van der Waals surface area contributed by atoms with Crippen LogP contribution in [0.4, 0.5) is 0 Å². The summed E-state index contributed by atoms with van der Waals surface area (Å²) in [4.78, 5) is 15.2. The summed E-state index contributed by atoms with van der Waals surface area (Å²) in [5, 5.41) is 6.26. The van der Waals surface area contributed by atoms with E-state index in [4.69, 9.17) is 19.0 Å². The molecule has 172 valence electrons. The van der Waals surface area contributed by atoms with Gasteiger partial charge < -0.3 is 13.9 Å². The SMILES string of the molecule is CCOc1ccc(CN(C)CC(=O)N2N=C(c3ccc(OC)cc3)CC2c2ccco2)cc1. The smallest absolute Gasteiger partial charge is 0.257 e. The van der Waals surface area contributed by atoms with E-state index in [1.165, 1.54) is 0 Å². The number of benzene rings is 2. The standard InChI is InChI=1S/C26H29N3O4/c1-4-32-22-11-7-19(8-12-22)17-28(2)18-26(30)29-24(25-6-5-15-33-25)16-23(27-29)20-9-13-21(31-3)14-10-20/h5-15,24H,4,16-18H2,1-3H3. The summed E-state index contributed by atoms with van der Waals surface area (Å²) < 4.78 is 16.4. The molecule has 3 aromatic rings. The van der Waals surface area contributed by atoms with Crippen LogP contribution in [0, 0.1) is 0 Å². The summed E-state index contributed by atoms with van der Waals surface area (Å²) >= 11 is 0. The molecule has 0 saturated heterocycles. The van der Waals surface area contributed by atoms with E-state index in [1.54, 1.807) is 18.4 Å². The van der Waals surface area contributed by atoms with Gasteiger partial charge in [-0.1, -0.05) is 12.1 Å². The monoisotopic (exact) mass is 447 g/mol. The fraction of sp³-hybridized carbons (Fsp3) is 0.308. The topological polar surface area (TPSA) is 67.5 Å². The fourth-order valence-electron chi connectivity index (χ4n) is 3.93. The van der Waals surface area contributed by atoms with Gasteiger partial charge in [-0.05, 0) is 73.6 Å². The molecule has 0 spiro atoms. The highest BCUT2D eigenvalue weighted by Gasteiger charge is 2.35. The van der Waals surface area contributed by atoms with Gasteiger partial charge in [0, 0.05) is 13.0 Å². The first-order valence-corrected chi connectivity index (χ1v) is 11.0. The van der Waals surface area contributed by atoms with E-state index in [-0.39, 0.29) is 18.5 Å². The molecule has 1 atom stereocenters. The molecule has 1 aromatic heterocycles. The minimum Gasteiger partial charge on any atom is -0.497 e. The summed E-state index contributed by atoms with van der Waals surface area (Å²) in [5.74, 6) is 2.28. The maximum Gasteiger partial charge on any atom is 0.257 e. The molecule has 0 bridgehead atoms. The molecule has 0 aliphatic carbocycles. The number of nitrogens with zero attached hydrogens (tertiary/aromatic N) is 3. The van der Waals surface area contributed by atoms with Crippen molar-refractivity contribution in [2.75, 3.05) is 27.3 Å².